The van der Waals surface area contributed by atoms with Gasteiger partial charge in [0.15, 0.2) is 0 Å². The summed E-state index contributed by atoms with van der Waals surface area (Å²) in [5.41, 5.74) is 1.95. The Morgan fingerprint density at radius 1 is 1.26 bits per heavy atom. The van der Waals surface area contributed by atoms with Crippen LogP contribution in [0, 0.1) is 18.8 Å². The molecule has 0 aromatic carbocycles. The number of thiazole rings is 1. The average Bonchev–Trinajstić information content (AvgIpc) is 3.42. The molecule has 1 unspecified atom stereocenters. The van der Waals surface area contributed by atoms with Crippen molar-refractivity contribution in [1.82, 2.24) is 30.3 Å². The molecule has 4 heterocycles. The lowest BCUT2D eigenvalue weighted by atomic mass is 9.94. The Morgan fingerprint density at radius 2 is 2.00 bits per heavy atom. The van der Waals surface area contributed by atoms with Crippen LogP contribution in [0.3, 0.4) is 0 Å². The van der Waals surface area contributed by atoms with Gasteiger partial charge in [0.25, 0.3) is 0 Å². The number of nitrogens with one attached hydrogen (secondary N) is 1. The SMILES string of the molecule is Cc1nc(CN2CCC(C(=O)NC(c3nc(-c4ccncc4)no3)C(C)C)CC2)cs1. The molecule has 0 radical (unpaired) electrons. The number of likely N-dealkylation sites (tertiary alicyclic amines) is 1. The van der Waals surface area contributed by atoms with Crippen LogP contribution in [-0.2, 0) is 11.3 Å². The highest BCUT2D eigenvalue weighted by molar-refractivity contribution is 7.09. The zero-order valence-corrected chi connectivity index (χ0v) is 18.9. The van der Waals surface area contributed by atoms with E-state index in [0.717, 1.165) is 48.7 Å². The maximum Gasteiger partial charge on any atom is 0.249 e. The molecule has 1 atom stereocenters. The highest BCUT2D eigenvalue weighted by atomic mass is 32.1. The molecule has 8 nitrogen and oxygen atoms in total. The Kier molecular flexibility index (Phi) is 6.72. The molecule has 1 amide bonds. The third kappa shape index (κ3) is 5.34. The monoisotopic (exact) mass is 440 g/mol. The molecule has 1 aliphatic rings. The van der Waals surface area contributed by atoms with Gasteiger partial charge in [0.1, 0.15) is 6.04 Å². The molecular weight excluding hydrogens is 412 g/mol. The van der Waals surface area contributed by atoms with Crippen molar-refractivity contribution < 1.29 is 9.32 Å². The number of carbonyl (C=O) groups is 1. The molecule has 164 valence electrons. The van der Waals surface area contributed by atoms with Gasteiger partial charge in [-0.15, -0.1) is 11.3 Å². The predicted octanol–water partition coefficient (Wildman–Crippen LogP) is 3.62. The first kappa shape index (κ1) is 21.6. The summed E-state index contributed by atoms with van der Waals surface area (Å²) in [5, 5.41) is 10.5. The normalized spacial score (nSPS) is 16.5. The van der Waals surface area contributed by atoms with Crippen LogP contribution in [0.15, 0.2) is 34.4 Å². The van der Waals surface area contributed by atoms with Crippen LogP contribution in [0.2, 0.25) is 0 Å². The molecule has 3 aromatic rings. The van der Waals surface area contributed by atoms with Crippen LogP contribution in [0.5, 0.6) is 0 Å². The van der Waals surface area contributed by atoms with Gasteiger partial charge in [-0.05, 0) is 50.9 Å². The maximum absolute atomic E-state index is 13.0. The Labute approximate surface area is 186 Å². The zero-order valence-electron chi connectivity index (χ0n) is 18.1. The molecule has 9 heteroatoms. The van der Waals surface area contributed by atoms with Gasteiger partial charge in [0.2, 0.25) is 17.6 Å². The fraction of sp³-hybridized carbons (Fsp3) is 0.500. The molecule has 1 aliphatic heterocycles. The van der Waals surface area contributed by atoms with Crippen LogP contribution in [0.4, 0.5) is 0 Å². The maximum atomic E-state index is 13.0. The Bertz CT molecular complexity index is 994. The van der Waals surface area contributed by atoms with Crippen molar-refractivity contribution in [3.8, 4) is 11.4 Å². The van der Waals surface area contributed by atoms with Gasteiger partial charge in [-0.3, -0.25) is 14.7 Å². The van der Waals surface area contributed by atoms with Crippen molar-refractivity contribution in [1.29, 1.82) is 0 Å². The van der Waals surface area contributed by atoms with E-state index < -0.39 is 0 Å². The van der Waals surface area contributed by atoms with Gasteiger partial charge in [0, 0.05) is 35.8 Å². The highest BCUT2D eigenvalue weighted by Gasteiger charge is 2.30. The molecule has 1 fully saturated rings. The van der Waals surface area contributed by atoms with Gasteiger partial charge in [-0.1, -0.05) is 19.0 Å². The minimum Gasteiger partial charge on any atom is -0.344 e. The fourth-order valence-corrected chi connectivity index (χ4v) is 4.43. The Hall–Kier alpha value is -2.65. The van der Waals surface area contributed by atoms with Gasteiger partial charge < -0.3 is 9.84 Å². The zero-order chi connectivity index (χ0) is 21.8. The summed E-state index contributed by atoms with van der Waals surface area (Å²) in [5.74, 6) is 1.13. The smallest absolute Gasteiger partial charge is 0.249 e. The number of amides is 1. The number of nitrogens with zero attached hydrogens (tertiary/aromatic N) is 5. The average molecular weight is 441 g/mol. The van der Waals surface area contributed by atoms with Gasteiger partial charge in [-0.25, -0.2) is 4.98 Å². The molecule has 0 saturated carbocycles. The van der Waals surface area contributed by atoms with E-state index in [0.29, 0.717) is 11.7 Å². The summed E-state index contributed by atoms with van der Waals surface area (Å²) in [6.07, 6.45) is 5.06. The van der Waals surface area contributed by atoms with Crippen LogP contribution in [0.1, 0.15) is 49.3 Å². The van der Waals surface area contributed by atoms with Crippen LogP contribution >= 0.6 is 11.3 Å². The Balaban J connectivity index is 1.35. The first-order valence-corrected chi connectivity index (χ1v) is 11.6. The van der Waals surface area contributed by atoms with Gasteiger partial charge in [-0.2, -0.15) is 4.98 Å². The summed E-state index contributed by atoms with van der Waals surface area (Å²) >= 11 is 1.68. The molecule has 0 spiro atoms. The molecular formula is C22H28N6O2S. The number of pyridine rings is 1. The number of aryl methyl sites for hydroxylation is 1. The largest absolute Gasteiger partial charge is 0.344 e. The van der Waals surface area contributed by atoms with Crippen molar-refractivity contribution in [2.75, 3.05) is 13.1 Å². The van der Waals surface area contributed by atoms with E-state index >= 15 is 0 Å². The van der Waals surface area contributed by atoms with Crippen LogP contribution in [0.25, 0.3) is 11.4 Å². The van der Waals surface area contributed by atoms with Crippen LogP contribution in [-0.4, -0.2) is 44.0 Å². The summed E-state index contributed by atoms with van der Waals surface area (Å²) in [6.45, 7) is 8.76. The van der Waals surface area contributed by atoms with E-state index in [1.807, 2.05) is 32.9 Å². The summed E-state index contributed by atoms with van der Waals surface area (Å²) in [7, 11) is 0. The number of hydrogen-bond acceptors (Lipinski definition) is 8. The highest BCUT2D eigenvalue weighted by Crippen LogP contribution is 2.26. The third-order valence-electron chi connectivity index (χ3n) is 5.62. The van der Waals surface area contributed by atoms with Crippen molar-refractivity contribution >= 4 is 17.2 Å². The number of hydrogen-bond donors (Lipinski definition) is 1. The first-order chi connectivity index (χ1) is 15.0. The van der Waals surface area contributed by atoms with Crippen molar-refractivity contribution in [2.24, 2.45) is 11.8 Å². The quantitative estimate of drug-likeness (QED) is 0.599. The number of piperidine rings is 1. The lowest BCUT2D eigenvalue weighted by Gasteiger charge is -2.31. The van der Waals surface area contributed by atoms with E-state index in [9.17, 15) is 4.79 Å². The number of carbonyl (C=O) groups excluding carboxylic acids is 1. The predicted molar refractivity (Wildman–Crippen MR) is 118 cm³/mol. The molecule has 0 aliphatic carbocycles. The first-order valence-electron chi connectivity index (χ1n) is 10.7. The lowest BCUT2D eigenvalue weighted by Crippen LogP contribution is -2.42. The third-order valence-corrected chi connectivity index (χ3v) is 6.44. The second-order valence-corrected chi connectivity index (χ2v) is 9.39. The molecule has 0 bridgehead atoms. The minimum absolute atomic E-state index is 0.00254. The summed E-state index contributed by atoms with van der Waals surface area (Å²) in [6, 6.07) is 3.35. The topological polar surface area (TPSA) is 97.0 Å². The number of rotatable bonds is 7. The second kappa shape index (κ2) is 9.65. The molecule has 1 saturated heterocycles. The van der Waals surface area contributed by atoms with E-state index in [2.05, 4.69) is 35.7 Å². The summed E-state index contributed by atoms with van der Waals surface area (Å²) < 4.78 is 5.51. The molecule has 31 heavy (non-hydrogen) atoms. The van der Waals surface area contributed by atoms with E-state index in [-0.39, 0.29) is 23.8 Å². The van der Waals surface area contributed by atoms with Crippen molar-refractivity contribution in [3.05, 3.63) is 46.5 Å². The molecule has 4 rings (SSSR count). The van der Waals surface area contributed by atoms with Crippen LogP contribution < -0.4 is 5.32 Å². The van der Waals surface area contributed by atoms with Crippen molar-refractivity contribution in [3.63, 3.8) is 0 Å². The van der Waals surface area contributed by atoms with E-state index in [1.165, 1.54) is 0 Å². The summed E-state index contributed by atoms with van der Waals surface area (Å²) in [4.78, 5) is 28.5. The van der Waals surface area contributed by atoms with E-state index in [4.69, 9.17) is 4.52 Å². The molecule has 1 N–H and O–H groups in total. The van der Waals surface area contributed by atoms with Crippen molar-refractivity contribution in [2.45, 2.75) is 46.2 Å². The fourth-order valence-electron chi connectivity index (χ4n) is 3.83. The van der Waals surface area contributed by atoms with Gasteiger partial charge in [0.05, 0.1) is 10.7 Å². The standard InChI is InChI=1S/C22H28N6O2S/c1-14(2)19(22-26-20(27-30-22)16-4-8-23-9-5-16)25-21(29)17-6-10-28(11-7-17)12-18-13-31-15(3)24-18/h4-5,8-9,13-14,17,19H,6-7,10-12H2,1-3H3,(H,25,29). The Morgan fingerprint density at radius 3 is 2.65 bits per heavy atom. The minimum atomic E-state index is -0.313. The van der Waals surface area contributed by atoms with E-state index in [1.54, 1.807) is 23.7 Å². The lowest BCUT2D eigenvalue weighted by molar-refractivity contribution is -0.127. The van der Waals surface area contributed by atoms with Gasteiger partial charge >= 0.3 is 0 Å². The molecule has 3 aromatic heterocycles. The number of aromatic nitrogens is 4. The second-order valence-electron chi connectivity index (χ2n) is 8.33.